The molecule has 0 N–H and O–H groups in total. The van der Waals surface area contributed by atoms with Crippen LogP contribution in [0.25, 0.3) is 11.4 Å². The zero-order valence-electron chi connectivity index (χ0n) is 13.2. The molecule has 0 amide bonds. The summed E-state index contributed by atoms with van der Waals surface area (Å²) in [5, 5.41) is 3.28. The van der Waals surface area contributed by atoms with Gasteiger partial charge in [0, 0.05) is 16.7 Å². The highest BCUT2D eigenvalue weighted by Gasteiger charge is 2.38. The Hall–Kier alpha value is -2.75. The molecule has 0 aliphatic carbocycles. The van der Waals surface area contributed by atoms with Crippen LogP contribution in [0.3, 0.4) is 0 Å². The van der Waals surface area contributed by atoms with E-state index >= 15 is 0 Å². The Balaban J connectivity index is 1.89. The molecule has 2 aromatic carbocycles. The zero-order chi connectivity index (χ0) is 18.9. The monoisotopic (exact) mass is 385 g/mol. The van der Waals surface area contributed by atoms with Gasteiger partial charge < -0.3 is 4.52 Å². The Kier molecular flexibility index (Phi) is 4.53. The Labute approximate surface area is 145 Å². The molecule has 5 nitrogen and oxygen atoms in total. The molecule has 1 heterocycles. The lowest BCUT2D eigenvalue weighted by molar-refractivity contribution is -0.159. The smallest absolute Gasteiger partial charge is 0.329 e. The molecule has 0 saturated heterocycles. The number of hydrogen-bond acceptors (Lipinski definition) is 5. The van der Waals surface area contributed by atoms with Crippen molar-refractivity contribution in [1.29, 1.82) is 0 Å². The van der Waals surface area contributed by atoms with Gasteiger partial charge in [-0.1, -0.05) is 5.16 Å². The fraction of sp³-hybridized carbons (Fsp3) is 0.125. The summed E-state index contributed by atoms with van der Waals surface area (Å²) in [6, 6.07) is 10.9. The van der Waals surface area contributed by atoms with Gasteiger partial charge in [0.05, 0.1) is 15.4 Å². The predicted octanol–water partition coefficient (Wildman–Crippen LogP) is 4.68. The number of aromatic nitrogens is 2. The van der Waals surface area contributed by atoms with E-state index in [0.29, 0.717) is 10.6 Å². The summed E-state index contributed by atoms with van der Waals surface area (Å²) in [5.74, 6) is -2.11. The maximum absolute atomic E-state index is 13.0. The van der Waals surface area contributed by atoms with Gasteiger partial charge in [0.2, 0.25) is 5.82 Å². The van der Waals surface area contributed by atoms with Gasteiger partial charge in [-0.3, -0.25) is 0 Å². The molecule has 1 atom stereocenters. The molecule has 1 aromatic heterocycles. The molecule has 10 heteroatoms. The highest BCUT2D eigenvalue weighted by Crippen LogP contribution is 2.30. The van der Waals surface area contributed by atoms with Crippen molar-refractivity contribution in [2.45, 2.75) is 11.1 Å². The van der Waals surface area contributed by atoms with Crippen LogP contribution in [0.1, 0.15) is 5.89 Å². The van der Waals surface area contributed by atoms with Crippen LogP contribution in [0, 0.1) is 5.82 Å². The molecular weight excluding hydrogens is 374 g/mol. The number of rotatable bonds is 3. The molecule has 0 fully saturated rings. The Morgan fingerprint density at radius 2 is 1.65 bits per heavy atom. The normalized spacial score (nSPS) is 14.0. The van der Waals surface area contributed by atoms with Crippen molar-refractivity contribution >= 4 is 15.4 Å². The lowest BCUT2D eigenvalue weighted by atomic mass is 10.2. The molecule has 0 aliphatic heterocycles. The van der Waals surface area contributed by atoms with Gasteiger partial charge >= 0.3 is 12.1 Å². The van der Waals surface area contributed by atoms with Crippen molar-refractivity contribution in [3.05, 3.63) is 60.2 Å². The molecule has 3 aromatic rings. The number of hydrogen-bond donors (Lipinski definition) is 0. The van der Waals surface area contributed by atoms with E-state index in [1.165, 1.54) is 54.8 Å². The van der Waals surface area contributed by atoms with Gasteiger partial charge in [0.15, 0.2) is 0 Å². The molecule has 0 radical (unpaired) electrons. The van der Waals surface area contributed by atoms with Crippen LogP contribution < -0.4 is 0 Å². The van der Waals surface area contributed by atoms with Crippen molar-refractivity contribution < 1.29 is 26.3 Å². The Bertz CT molecular complexity index is 1030. The second-order valence-electron chi connectivity index (χ2n) is 5.32. The van der Waals surface area contributed by atoms with Crippen LogP contribution in [0.15, 0.2) is 62.3 Å². The Morgan fingerprint density at radius 1 is 1.04 bits per heavy atom. The molecule has 1 unspecified atom stereocenters. The van der Waals surface area contributed by atoms with E-state index in [2.05, 4.69) is 19.0 Å². The summed E-state index contributed by atoms with van der Waals surface area (Å²) < 4.78 is 71.4. The number of benzene rings is 2. The van der Waals surface area contributed by atoms with E-state index in [4.69, 9.17) is 0 Å². The zero-order valence-corrected chi connectivity index (χ0v) is 14.0. The van der Waals surface area contributed by atoms with Gasteiger partial charge in [-0.2, -0.15) is 22.5 Å². The minimum Gasteiger partial charge on any atom is -0.329 e. The first kappa shape index (κ1) is 18.1. The summed E-state index contributed by atoms with van der Waals surface area (Å²) in [6.07, 6.45) is -3.31. The molecule has 0 bridgehead atoms. The first-order valence-electron chi connectivity index (χ1n) is 7.14. The summed E-state index contributed by atoms with van der Waals surface area (Å²) in [4.78, 5) is 3.64. The fourth-order valence-electron chi connectivity index (χ4n) is 2.07. The summed E-state index contributed by atoms with van der Waals surface area (Å²) in [6.45, 7) is 0. The highest BCUT2D eigenvalue weighted by molar-refractivity contribution is 7.93. The molecule has 136 valence electrons. The van der Waals surface area contributed by atoms with Gasteiger partial charge in [-0.25, -0.2) is 8.60 Å². The largest absolute Gasteiger partial charge is 0.471 e. The van der Waals surface area contributed by atoms with Crippen molar-refractivity contribution in [1.82, 2.24) is 10.1 Å². The maximum Gasteiger partial charge on any atom is 0.471 e. The Morgan fingerprint density at radius 3 is 2.19 bits per heavy atom. The van der Waals surface area contributed by atoms with Crippen LogP contribution in [-0.2, 0) is 15.9 Å². The van der Waals surface area contributed by atoms with Crippen LogP contribution >= 0.6 is 0 Å². The van der Waals surface area contributed by atoms with Gasteiger partial charge in [0.25, 0.3) is 0 Å². The third kappa shape index (κ3) is 3.90. The lowest BCUT2D eigenvalue weighted by Gasteiger charge is -2.05. The first-order valence-corrected chi connectivity index (χ1v) is 9.06. The van der Waals surface area contributed by atoms with E-state index in [9.17, 15) is 21.8 Å². The third-order valence-corrected chi connectivity index (χ3v) is 5.03. The van der Waals surface area contributed by atoms with Crippen molar-refractivity contribution in [3.63, 3.8) is 0 Å². The molecule has 3 rings (SSSR count). The molecule has 0 saturated carbocycles. The van der Waals surface area contributed by atoms with E-state index in [1.807, 2.05) is 0 Å². The molecule has 26 heavy (non-hydrogen) atoms. The topological polar surface area (TPSA) is 68.3 Å². The van der Waals surface area contributed by atoms with Crippen molar-refractivity contribution in [2.75, 3.05) is 6.26 Å². The SMILES string of the molecule is CS(=O)(=Nc1ccc(-c2noc(C(F)(F)F)n2)cc1)c1ccc(F)cc1. The molecular formula is C16H11F4N3O2S. The second kappa shape index (κ2) is 6.52. The molecule has 0 spiro atoms. The van der Waals surface area contributed by atoms with Crippen LogP contribution in [0.4, 0.5) is 23.2 Å². The molecule has 0 aliphatic rings. The summed E-state index contributed by atoms with van der Waals surface area (Å²) >= 11 is 0. The quantitative estimate of drug-likeness (QED) is 0.614. The predicted molar refractivity (Wildman–Crippen MR) is 85.6 cm³/mol. The average Bonchev–Trinajstić information content (AvgIpc) is 3.06. The average molecular weight is 385 g/mol. The van der Waals surface area contributed by atoms with Gasteiger partial charge in [-0.05, 0) is 48.5 Å². The minimum atomic E-state index is -4.72. The van der Waals surface area contributed by atoms with Gasteiger partial charge in [0.1, 0.15) is 5.82 Å². The fourth-order valence-corrected chi connectivity index (χ4v) is 3.34. The first-order chi connectivity index (χ1) is 12.1. The number of halogens is 4. The van der Waals surface area contributed by atoms with E-state index < -0.39 is 27.6 Å². The second-order valence-corrected chi connectivity index (χ2v) is 7.57. The van der Waals surface area contributed by atoms with E-state index in [-0.39, 0.29) is 11.4 Å². The minimum absolute atomic E-state index is 0.223. The van der Waals surface area contributed by atoms with Crippen LogP contribution in [0.2, 0.25) is 0 Å². The van der Waals surface area contributed by atoms with E-state index in [1.54, 1.807) is 0 Å². The van der Waals surface area contributed by atoms with E-state index in [0.717, 1.165) is 0 Å². The maximum atomic E-state index is 13.0. The third-order valence-electron chi connectivity index (χ3n) is 3.32. The summed E-state index contributed by atoms with van der Waals surface area (Å²) in [7, 11) is -2.81. The number of alkyl halides is 3. The highest BCUT2D eigenvalue weighted by atomic mass is 32.2. The van der Waals surface area contributed by atoms with Crippen molar-refractivity contribution in [2.24, 2.45) is 4.36 Å². The standard InChI is InChI=1S/C16H11F4N3O2S/c1-26(24,13-8-4-11(17)5-9-13)23-12-6-2-10(3-7-12)14-21-15(25-22-14)16(18,19)20/h2-9H,1H3. The van der Waals surface area contributed by atoms with Gasteiger partial charge in [-0.15, -0.1) is 0 Å². The lowest BCUT2D eigenvalue weighted by Crippen LogP contribution is -2.04. The van der Waals surface area contributed by atoms with Crippen LogP contribution in [0.5, 0.6) is 0 Å². The van der Waals surface area contributed by atoms with Crippen LogP contribution in [-0.4, -0.2) is 20.6 Å². The summed E-state index contributed by atoms with van der Waals surface area (Å²) in [5.41, 5.74) is 0.623. The number of nitrogens with zero attached hydrogens (tertiary/aromatic N) is 3. The van der Waals surface area contributed by atoms with Crippen molar-refractivity contribution in [3.8, 4) is 11.4 Å².